The quantitative estimate of drug-likeness (QED) is 0.854. The summed E-state index contributed by atoms with van der Waals surface area (Å²) < 4.78 is 4.65. The van der Waals surface area contributed by atoms with Gasteiger partial charge in [0.25, 0.3) is 0 Å². The molecule has 2 unspecified atom stereocenters. The van der Waals surface area contributed by atoms with E-state index in [1.165, 1.54) is 13.3 Å². The van der Waals surface area contributed by atoms with Gasteiger partial charge in [-0.2, -0.15) is 0 Å². The number of carboxylic acids is 1. The minimum absolute atomic E-state index is 0.191. The Labute approximate surface area is 123 Å². The number of methoxy groups -OCH3 is 1. The number of hydrogen-bond acceptors (Lipinski definition) is 5. The van der Waals surface area contributed by atoms with Crippen LogP contribution in [0.4, 0.5) is 5.69 Å². The maximum Gasteiger partial charge on any atom is 0.356 e. The number of aliphatic carboxylic acids is 1. The number of carbonyl (C=O) groups excluding carboxylic acids is 1. The summed E-state index contributed by atoms with van der Waals surface area (Å²) >= 11 is 0. The predicted molar refractivity (Wildman–Crippen MR) is 77.4 cm³/mol. The van der Waals surface area contributed by atoms with Gasteiger partial charge in [0.05, 0.1) is 7.11 Å². The maximum atomic E-state index is 11.5. The monoisotopic (exact) mass is 292 g/mol. The van der Waals surface area contributed by atoms with E-state index in [0.29, 0.717) is 24.6 Å². The first kappa shape index (κ1) is 15.3. The molecule has 1 saturated heterocycles. The van der Waals surface area contributed by atoms with Crippen LogP contribution in [0.2, 0.25) is 0 Å². The number of anilines is 1. The van der Waals surface area contributed by atoms with E-state index in [2.05, 4.69) is 16.6 Å². The molecule has 6 heteroatoms. The zero-order valence-electron chi connectivity index (χ0n) is 12.3. The molecule has 114 valence electrons. The van der Waals surface area contributed by atoms with Gasteiger partial charge in [-0.05, 0) is 30.9 Å². The predicted octanol–water partition coefficient (Wildman–Crippen LogP) is 1.95. The highest BCUT2D eigenvalue weighted by molar-refractivity contribution is 5.88. The SMILES string of the molecule is CCC1CCN(c2ccnc(C(=O)OC)c2)C(C(=O)O)C1. The molecule has 6 nitrogen and oxygen atoms in total. The van der Waals surface area contributed by atoms with Crippen LogP contribution in [-0.2, 0) is 9.53 Å². The second-order valence-electron chi connectivity index (χ2n) is 5.24. The number of aromatic nitrogens is 1. The minimum atomic E-state index is -0.829. The van der Waals surface area contributed by atoms with Gasteiger partial charge in [0, 0.05) is 18.4 Å². The first-order chi connectivity index (χ1) is 10.1. The second kappa shape index (κ2) is 6.56. The lowest BCUT2D eigenvalue weighted by molar-refractivity contribution is -0.139. The summed E-state index contributed by atoms with van der Waals surface area (Å²) in [5, 5.41) is 9.46. The van der Waals surface area contributed by atoms with Crippen LogP contribution in [0.15, 0.2) is 18.3 Å². The zero-order valence-corrected chi connectivity index (χ0v) is 12.3. The molecule has 0 aliphatic carbocycles. The van der Waals surface area contributed by atoms with Crippen molar-refractivity contribution in [2.24, 2.45) is 5.92 Å². The average molecular weight is 292 g/mol. The van der Waals surface area contributed by atoms with Crippen molar-refractivity contribution in [3.63, 3.8) is 0 Å². The number of pyridine rings is 1. The fraction of sp³-hybridized carbons (Fsp3) is 0.533. The van der Waals surface area contributed by atoms with Crippen LogP contribution in [0.5, 0.6) is 0 Å². The Morgan fingerprint density at radius 1 is 1.52 bits per heavy atom. The third-order valence-electron chi connectivity index (χ3n) is 4.04. The first-order valence-corrected chi connectivity index (χ1v) is 7.10. The summed E-state index contributed by atoms with van der Waals surface area (Å²) in [6.07, 6.45) is 4.08. The van der Waals surface area contributed by atoms with E-state index >= 15 is 0 Å². The summed E-state index contributed by atoms with van der Waals surface area (Å²) in [6, 6.07) is 2.76. The second-order valence-corrected chi connectivity index (χ2v) is 5.24. The molecule has 0 aromatic carbocycles. The molecule has 21 heavy (non-hydrogen) atoms. The van der Waals surface area contributed by atoms with E-state index in [1.54, 1.807) is 12.1 Å². The first-order valence-electron chi connectivity index (χ1n) is 7.10. The van der Waals surface area contributed by atoms with E-state index in [0.717, 1.165) is 12.8 Å². The summed E-state index contributed by atoms with van der Waals surface area (Å²) in [7, 11) is 1.30. The van der Waals surface area contributed by atoms with Crippen molar-refractivity contribution in [2.75, 3.05) is 18.6 Å². The Bertz CT molecular complexity index is 532. The highest BCUT2D eigenvalue weighted by Gasteiger charge is 2.33. The van der Waals surface area contributed by atoms with Crippen molar-refractivity contribution in [1.29, 1.82) is 0 Å². The molecule has 1 aliphatic heterocycles. The normalized spacial score (nSPS) is 21.9. The van der Waals surface area contributed by atoms with Crippen LogP contribution in [0.3, 0.4) is 0 Å². The number of rotatable bonds is 4. The highest BCUT2D eigenvalue weighted by Crippen LogP contribution is 2.30. The van der Waals surface area contributed by atoms with Gasteiger partial charge in [0.1, 0.15) is 11.7 Å². The lowest BCUT2D eigenvalue weighted by atomic mass is 9.88. The maximum absolute atomic E-state index is 11.5. The molecule has 2 rings (SSSR count). The summed E-state index contributed by atoms with van der Waals surface area (Å²) in [4.78, 5) is 28.9. The summed E-state index contributed by atoms with van der Waals surface area (Å²) in [5.41, 5.74) is 0.893. The minimum Gasteiger partial charge on any atom is -0.480 e. The van der Waals surface area contributed by atoms with E-state index in [-0.39, 0.29) is 5.69 Å². The largest absolute Gasteiger partial charge is 0.480 e. The fourth-order valence-electron chi connectivity index (χ4n) is 2.77. The summed E-state index contributed by atoms with van der Waals surface area (Å²) in [5.74, 6) is -0.916. The molecule has 1 N–H and O–H groups in total. The van der Waals surface area contributed by atoms with Gasteiger partial charge in [-0.15, -0.1) is 0 Å². The van der Waals surface area contributed by atoms with Crippen molar-refractivity contribution >= 4 is 17.6 Å². The molecule has 0 saturated carbocycles. The molecule has 0 spiro atoms. The Morgan fingerprint density at radius 3 is 2.90 bits per heavy atom. The van der Waals surface area contributed by atoms with Gasteiger partial charge in [-0.1, -0.05) is 13.3 Å². The number of carboxylic acid groups (broad SMARTS) is 1. The van der Waals surface area contributed by atoms with Crippen LogP contribution in [0, 0.1) is 5.92 Å². The van der Waals surface area contributed by atoms with Crippen LogP contribution in [0.1, 0.15) is 36.7 Å². The van der Waals surface area contributed by atoms with E-state index in [1.807, 2.05) is 4.90 Å². The van der Waals surface area contributed by atoms with E-state index < -0.39 is 18.0 Å². The molecule has 1 fully saturated rings. The number of esters is 1. The topological polar surface area (TPSA) is 79.7 Å². The van der Waals surface area contributed by atoms with Crippen molar-refractivity contribution in [1.82, 2.24) is 4.98 Å². The van der Waals surface area contributed by atoms with Gasteiger partial charge in [-0.3, -0.25) is 0 Å². The molecular formula is C15H20N2O4. The van der Waals surface area contributed by atoms with Crippen molar-refractivity contribution in [2.45, 2.75) is 32.2 Å². The molecule has 0 amide bonds. The Kier molecular flexibility index (Phi) is 4.77. The summed E-state index contributed by atoms with van der Waals surface area (Å²) in [6.45, 7) is 2.75. The molecule has 1 aromatic rings. The lowest BCUT2D eigenvalue weighted by Gasteiger charge is -2.38. The molecule has 1 aliphatic rings. The van der Waals surface area contributed by atoms with Gasteiger partial charge in [-0.25, -0.2) is 14.6 Å². The number of carbonyl (C=O) groups is 2. The smallest absolute Gasteiger partial charge is 0.356 e. The van der Waals surface area contributed by atoms with Crippen molar-refractivity contribution in [3.8, 4) is 0 Å². The van der Waals surface area contributed by atoms with Gasteiger partial charge in [0.15, 0.2) is 0 Å². The number of hydrogen-bond donors (Lipinski definition) is 1. The van der Waals surface area contributed by atoms with Gasteiger partial charge < -0.3 is 14.7 Å². The van der Waals surface area contributed by atoms with Crippen LogP contribution in [0.25, 0.3) is 0 Å². The van der Waals surface area contributed by atoms with Crippen LogP contribution >= 0.6 is 0 Å². The molecule has 0 bridgehead atoms. The third kappa shape index (κ3) is 3.32. The van der Waals surface area contributed by atoms with Crippen molar-refractivity contribution in [3.05, 3.63) is 24.0 Å². The van der Waals surface area contributed by atoms with Gasteiger partial charge >= 0.3 is 11.9 Å². The highest BCUT2D eigenvalue weighted by atomic mass is 16.5. The average Bonchev–Trinajstić information content (AvgIpc) is 2.53. The zero-order chi connectivity index (χ0) is 15.4. The Balaban J connectivity index is 2.27. The molecule has 0 radical (unpaired) electrons. The lowest BCUT2D eigenvalue weighted by Crippen LogP contribution is -2.47. The number of piperidine rings is 1. The third-order valence-corrected chi connectivity index (χ3v) is 4.04. The fourth-order valence-corrected chi connectivity index (χ4v) is 2.77. The van der Waals surface area contributed by atoms with E-state index in [4.69, 9.17) is 0 Å². The Morgan fingerprint density at radius 2 is 2.29 bits per heavy atom. The molecular weight excluding hydrogens is 272 g/mol. The molecule has 2 atom stereocenters. The van der Waals surface area contributed by atoms with Crippen LogP contribution < -0.4 is 4.90 Å². The van der Waals surface area contributed by atoms with E-state index in [9.17, 15) is 14.7 Å². The van der Waals surface area contributed by atoms with Crippen molar-refractivity contribution < 1.29 is 19.4 Å². The number of ether oxygens (including phenoxy) is 1. The number of nitrogens with zero attached hydrogens (tertiary/aromatic N) is 2. The molecule has 2 heterocycles. The van der Waals surface area contributed by atoms with Crippen LogP contribution in [-0.4, -0.2) is 41.7 Å². The Hall–Kier alpha value is -2.11. The standard InChI is InChI=1S/C15H20N2O4/c1-3-10-5-7-17(13(8-10)14(18)19)11-4-6-16-12(9-11)15(20)21-2/h4,6,9-10,13H,3,5,7-8H2,1-2H3,(H,18,19). The van der Waals surface area contributed by atoms with Gasteiger partial charge in [0.2, 0.25) is 0 Å². The molecule has 1 aromatic heterocycles.